The van der Waals surface area contributed by atoms with Crippen LogP contribution >= 0.6 is 0 Å². The van der Waals surface area contributed by atoms with Crippen LogP contribution in [0.25, 0.3) is 79.2 Å². The van der Waals surface area contributed by atoms with Crippen molar-refractivity contribution in [2.45, 2.75) is 0 Å². The summed E-state index contributed by atoms with van der Waals surface area (Å²) in [6.07, 6.45) is 0. The van der Waals surface area contributed by atoms with Crippen molar-refractivity contribution >= 4 is 0 Å². The van der Waals surface area contributed by atoms with Gasteiger partial charge in [-0.1, -0.05) is 146 Å². The highest BCUT2D eigenvalue weighted by atomic mass is 15.0. The summed E-state index contributed by atoms with van der Waals surface area (Å²) in [4.78, 5) is 24.6. The third-order valence-electron chi connectivity index (χ3n) is 8.38. The van der Waals surface area contributed by atoms with Gasteiger partial charge in [0.05, 0.1) is 23.0 Å². The standard InChI is InChI=1S/C44H28N6/c45-29-30-12-10-20-37(26-30)40-28-39(32-13-4-1-5-14-32)46-44(47-40)38-21-11-19-36(27-38)31-22-24-35(25-23-31)43-49-41(33-15-6-2-7-16-33)48-42(50-43)34-17-8-3-9-18-34/h1-28H. The number of aromatic nitrogens is 5. The number of rotatable bonds is 7. The first-order chi connectivity index (χ1) is 24.7. The molecule has 0 aliphatic carbocycles. The van der Waals surface area contributed by atoms with Crippen LogP contribution in [0.4, 0.5) is 0 Å². The van der Waals surface area contributed by atoms with E-state index in [1.165, 1.54) is 0 Å². The Bertz CT molecular complexity index is 2420. The van der Waals surface area contributed by atoms with E-state index >= 15 is 0 Å². The minimum Gasteiger partial charge on any atom is -0.228 e. The number of hydrogen-bond donors (Lipinski definition) is 0. The zero-order valence-corrected chi connectivity index (χ0v) is 26.8. The number of benzene rings is 6. The van der Waals surface area contributed by atoms with Gasteiger partial charge in [-0.2, -0.15) is 5.26 Å². The van der Waals surface area contributed by atoms with Crippen molar-refractivity contribution in [1.82, 2.24) is 24.9 Å². The summed E-state index contributed by atoms with van der Waals surface area (Å²) in [6, 6.07) is 58.2. The molecular weight excluding hydrogens is 613 g/mol. The van der Waals surface area contributed by atoms with Crippen LogP contribution in [0.15, 0.2) is 170 Å². The molecule has 2 heterocycles. The van der Waals surface area contributed by atoms with E-state index < -0.39 is 0 Å². The molecule has 0 aliphatic heterocycles. The SMILES string of the molecule is N#Cc1cccc(-c2cc(-c3ccccc3)nc(-c3cccc(-c4ccc(-c5nc(-c6ccccc6)nc(-c6ccccc6)n5)cc4)c3)n2)c1. The second kappa shape index (κ2) is 13.6. The van der Waals surface area contributed by atoms with Crippen molar-refractivity contribution in [3.63, 3.8) is 0 Å². The second-order valence-corrected chi connectivity index (χ2v) is 11.7. The molecule has 0 saturated heterocycles. The maximum atomic E-state index is 9.52. The van der Waals surface area contributed by atoms with Crippen LogP contribution in [0.2, 0.25) is 0 Å². The molecule has 0 N–H and O–H groups in total. The summed E-state index contributed by atoms with van der Waals surface area (Å²) in [5, 5.41) is 9.52. The lowest BCUT2D eigenvalue weighted by atomic mass is 10.0. The first-order valence-electron chi connectivity index (χ1n) is 16.2. The average molecular weight is 641 g/mol. The highest BCUT2D eigenvalue weighted by Crippen LogP contribution is 2.31. The maximum absolute atomic E-state index is 9.52. The number of hydrogen-bond acceptors (Lipinski definition) is 6. The largest absolute Gasteiger partial charge is 0.228 e. The van der Waals surface area contributed by atoms with Gasteiger partial charge in [-0.25, -0.2) is 24.9 Å². The lowest BCUT2D eigenvalue weighted by molar-refractivity contribution is 1.07. The Balaban J connectivity index is 1.16. The van der Waals surface area contributed by atoms with Gasteiger partial charge in [0.15, 0.2) is 23.3 Å². The zero-order valence-electron chi connectivity index (χ0n) is 26.8. The Kier molecular flexibility index (Phi) is 8.20. The van der Waals surface area contributed by atoms with Crippen molar-refractivity contribution in [2.24, 2.45) is 0 Å². The molecule has 0 bridgehead atoms. The van der Waals surface area contributed by atoms with Gasteiger partial charge in [0.2, 0.25) is 0 Å². The molecule has 0 atom stereocenters. The van der Waals surface area contributed by atoms with Gasteiger partial charge < -0.3 is 0 Å². The van der Waals surface area contributed by atoms with Crippen LogP contribution < -0.4 is 0 Å². The molecule has 2 aromatic heterocycles. The molecule has 8 rings (SSSR count). The fraction of sp³-hybridized carbons (Fsp3) is 0. The van der Waals surface area contributed by atoms with E-state index in [0.29, 0.717) is 28.9 Å². The van der Waals surface area contributed by atoms with Gasteiger partial charge in [0.25, 0.3) is 0 Å². The molecular formula is C44H28N6. The highest BCUT2D eigenvalue weighted by molar-refractivity contribution is 5.76. The Hall–Kier alpha value is -7.10. The molecule has 0 saturated carbocycles. The zero-order chi connectivity index (χ0) is 33.7. The Morgan fingerprint density at radius 2 is 0.720 bits per heavy atom. The summed E-state index contributed by atoms with van der Waals surface area (Å²) in [5.74, 6) is 2.47. The van der Waals surface area contributed by atoms with E-state index in [9.17, 15) is 5.26 Å². The Labute approximate surface area is 290 Å². The van der Waals surface area contributed by atoms with E-state index in [2.05, 4.69) is 30.3 Å². The van der Waals surface area contributed by atoms with Crippen LogP contribution in [-0.4, -0.2) is 24.9 Å². The molecule has 0 fully saturated rings. The topological polar surface area (TPSA) is 88.2 Å². The molecule has 6 nitrogen and oxygen atoms in total. The molecule has 0 spiro atoms. The number of nitriles is 1. The van der Waals surface area contributed by atoms with Crippen molar-refractivity contribution in [1.29, 1.82) is 5.26 Å². The predicted octanol–water partition coefficient (Wildman–Crippen LogP) is 10.2. The average Bonchev–Trinajstić information content (AvgIpc) is 3.21. The molecule has 6 aromatic carbocycles. The van der Waals surface area contributed by atoms with Gasteiger partial charge in [-0.15, -0.1) is 0 Å². The summed E-state index contributed by atoms with van der Waals surface area (Å²) in [5.41, 5.74) is 9.71. The monoisotopic (exact) mass is 640 g/mol. The van der Waals surface area contributed by atoms with E-state index in [0.717, 1.165) is 55.9 Å². The van der Waals surface area contributed by atoms with Crippen LogP contribution in [-0.2, 0) is 0 Å². The van der Waals surface area contributed by atoms with Crippen LogP contribution in [0.3, 0.4) is 0 Å². The molecule has 234 valence electrons. The second-order valence-electron chi connectivity index (χ2n) is 11.7. The van der Waals surface area contributed by atoms with E-state index in [-0.39, 0.29) is 0 Å². The molecule has 0 unspecified atom stereocenters. The lowest BCUT2D eigenvalue weighted by Crippen LogP contribution is -2.00. The minimum absolute atomic E-state index is 0.583. The Morgan fingerprint density at radius 3 is 1.30 bits per heavy atom. The normalized spacial score (nSPS) is 10.8. The van der Waals surface area contributed by atoms with Gasteiger partial charge in [0, 0.05) is 33.4 Å². The molecule has 6 heteroatoms. The molecule has 0 radical (unpaired) electrons. The van der Waals surface area contributed by atoms with Crippen molar-refractivity contribution in [3.05, 3.63) is 175 Å². The summed E-state index contributed by atoms with van der Waals surface area (Å²) < 4.78 is 0. The molecule has 0 aliphatic rings. The molecule has 8 aromatic rings. The van der Waals surface area contributed by atoms with Crippen molar-refractivity contribution in [3.8, 4) is 85.3 Å². The van der Waals surface area contributed by atoms with E-state index in [1.807, 2.05) is 140 Å². The minimum atomic E-state index is 0.583. The lowest BCUT2D eigenvalue weighted by Gasteiger charge is -2.11. The quantitative estimate of drug-likeness (QED) is 0.172. The van der Waals surface area contributed by atoms with E-state index in [4.69, 9.17) is 24.9 Å². The van der Waals surface area contributed by atoms with Crippen molar-refractivity contribution in [2.75, 3.05) is 0 Å². The van der Waals surface area contributed by atoms with Crippen LogP contribution in [0, 0.1) is 11.3 Å². The van der Waals surface area contributed by atoms with Gasteiger partial charge in [-0.3, -0.25) is 0 Å². The Morgan fingerprint density at radius 1 is 0.300 bits per heavy atom. The van der Waals surface area contributed by atoms with E-state index in [1.54, 1.807) is 6.07 Å². The van der Waals surface area contributed by atoms with Gasteiger partial charge in [-0.05, 0) is 35.4 Å². The van der Waals surface area contributed by atoms with Crippen molar-refractivity contribution < 1.29 is 0 Å². The fourth-order valence-electron chi connectivity index (χ4n) is 5.82. The summed E-state index contributed by atoms with van der Waals surface area (Å²) >= 11 is 0. The maximum Gasteiger partial charge on any atom is 0.164 e. The number of nitrogens with zero attached hydrogens (tertiary/aromatic N) is 6. The predicted molar refractivity (Wildman–Crippen MR) is 198 cm³/mol. The fourth-order valence-corrected chi connectivity index (χ4v) is 5.82. The highest BCUT2D eigenvalue weighted by Gasteiger charge is 2.14. The first kappa shape index (κ1) is 30.2. The first-order valence-corrected chi connectivity index (χ1v) is 16.2. The summed E-state index contributed by atoms with van der Waals surface area (Å²) in [6.45, 7) is 0. The molecule has 0 amide bonds. The van der Waals surface area contributed by atoms with Crippen LogP contribution in [0.5, 0.6) is 0 Å². The van der Waals surface area contributed by atoms with Crippen LogP contribution in [0.1, 0.15) is 5.56 Å². The van der Waals surface area contributed by atoms with Gasteiger partial charge >= 0.3 is 0 Å². The van der Waals surface area contributed by atoms with Gasteiger partial charge in [0.1, 0.15) is 0 Å². The smallest absolute Gasteiger partial charge is 0.164 e. The molecule has 50 heavy (non-hydrogen) atoms. The third-order valence-corrected chi connectivity index (χ3v) is 8.38. The third kappa shape index (κ3) is 6.40. The summed E-state index contributed by atoms with van der Waals surface area (Å²) in [7, 11) is 0.